The molecule has 1 N–H and O–H groups in total. The number of aliphatic hydroxyl groups is 1. The molecule has 1 aliphatic heterocycles. The first-order valence-corrected chi connectivity index (χ1v) is 6.27. The second kappa shape index (κ2) is 5.34. The summed E-state index contributed by atoms with van der Waals surface area (Å²) >= 11 is 0. The Hall–Kier alpha value is -0.980. The normalized spacial score (nSPS) is 21.7. The number of aromatic nitrogens is 2. The van der Waals surface area contributed by atoms with E-state index in [1.54, 1.807) is 7.11 Å². The van der Waals surface area contributed by atoms with Gasteiger partial charge in [0, 0.05) is 13.2 Å². The number of ether oxygens (including phenoxy) is 1. The highest BCUT2D eigenvalue weighted by molar-refractivity contribution is 4.94. The average molecular weight is 255 g/mol. The van der Waals surface area contributed by atoms with Crippen molar-refractivity contribution in [2.45, 2.75) is 51.5 Å². The predicted molar refractivity (Wildman–Crippen MR) is 64.7 cm³/mol. The van der Waals surface area contributed by atoms with E-state index < -0.39 is 5.60 Å². The molecule has 0 aliphatic carbocycles. The van der Waals surface area contributed by atoms with Crippen LogP contribution in [-0.4, -0.2) is 45.4 Å². The summed E-state index contributed by atoms with van der Waals surface area (Å²) < 4.78 is 10.00. The summed E-state index contributed by atoms with van der Waals surface area (Å²) in [7, 11) is 1.59. The van der Waals surface area contributed by atoms with Crippen molar-refractivity contribution in [2.24, 2.45) is 0 Å². The van der Waals surface area contributed by atoms with Crippen LogP contribution in [0.5, 0.6) is 0 Å². The summed E-state index contributed by atoms with van der Waals surface area (Å²) in [6.07, 6.45) is 2.10. The quantitative estimate of drug-likeness (QED) is 0.844. The highest BCUT2D eigenvalue weighted by Crippen LogP contribution is 2.27. The molecule has 0 amide bonds. The van der Waals surface area contributed by atoms with Gasteiger partial charge in [-0.15, -0.1) is 0 Å². The zero-order valence-electron chi connectivity index (χ0n) is 11.2. The topological polar surface area (TPSA) is 71.6 Å². The van der Waals surface area contributed by atoms with Crippen LogP contribution in [0.25, 0.3) is 0 Å². The molecule has 1 unspecified atom stereocenters. The van der Waals surface area contributed by atoms with Crippen LogP contribution in [0.1, 0.15) is 38.4 Å². The molecule has 6 heteroatoms. The molecule has 1 aliphatic rings. The molecule has 1 fully saturated rings. The molecule has 0 bridgehead atoms. The van der Waals surface area contributed by atoms with Gasteiger partial charge in [-0.05, 0) is 33.2 Å². The molecule has 0 saturated carbocycles. The van der Waals surface area contributed by atoms with Gasteiger partial charge in [-0.1, -0.05) is 5.16 Å². The number of hydrogen-bond donors (Lipinski definition) is 1. The molecule has 18 heavy (non-hydrogen) atoms. The van der Waals surface area contributed by atoms with E-state index in [0.29, 0.717) is 24.9 Å². The lowest BCUT2D eigenvalue weighted by molar-refractivity contribution is -0.00592. The summed E-state index contributed by atoms with van der Waals surface area (Å²) in [4.78, 5) is 6.46. The van der Waals surface area contributed by atoms with Gasteiger partial charge in [0.2, 0.25) is 0 Å². The van der Waals surface area contributed by atoms with Crippen LogP contribution in [0.2, 0.25) is 0 Å². The highest BCUT2D eigenvalue weighted by atomic mass is 16.5. The van der Waals surface area contributed by atoms with Gasteiger partial charge in [-0.3, -0.25) is 4.90 Å². The standard InChI is InChI=1S/C12H21N3O3/c1-12(2,16)9-5-4-6-15(9)7-10-13-11(8-17-3)18-14-10/h9,16H,4-8H2,1-3H3. The van der Waals surface area contributed by atoms with Gasteiger partial charge >= 0.3 is 0 Å². The van der Waals surface area contributed by atoms with Crippen molar-refractivity contribution >= 4 is 0 Å². The summed E-state index contributed by atoms with van der Waals surface area (Å²) in [5.41, 5.74) is -0.699. The van der Waals surface area contributed by atoms with Crippen LogP contribution in [-0.2, 0) is 17.9 Å². The SMILES string of the molecule is COCc1nc(CN2CCCC2C(C)(C)O)no1. The van der Waals surface area contributed by atoms with Crippen molar-refractivity contribution < 1.29 is 14.4 Å². The maximum atomic E-state index is 10.1. The first-order valence-electron chi connectivity index (χ1n) is 6.27. The molecule has 0 aromatic carbocycles. The molecule has 6 nitrogen and oxygen atoms in total. The van der Waals surface area contributed by atoms with Crippen LogP contribution < -0.4 is 0 Å². The van der Waals surface area contributed by atoms with Crippen molar-refractivity contribution in [3.63, 3.8) is 0 Å². The van der Waals surface area contributed by atoms with Crippen molar-refractivity contribution in [2.75, 3.05) is 13.7 Å². The minimum absolute atomic E-state index is 0.155. The van der Waals surface area contributed by atoms with E-state index in [1.165, 1.54) is 0 Å². The maximum absolute atomic E-state index is 10.1. The number of likely N-dealkylation sites (tertiary alicyclic amines) is 1. The fourth-order valence-corrected chi connectivity index (χ4v) is 2.53. The Morgan fingerprint density at radius 2 is 2.33 bits per heavy atom. The van der Waals surface area contributed by atoms with E-state index in [4.69, 9.17) is 9.26 Å². The summed E-state index contributed by atoms with van der Waals surface area (Å²) in [6, 6.07) is 0.155. The lowest BCUT2D eigenvalue weighted by Crippen LogP contribution is -2.45. The Kier molecular flexibility index (Phi) is 3.99. The van der Waals surface area contributed by atoms with E-state index in [2.05, 4.69) is 15.0 Å². The second-order valence-corrected chi connectivity index (χ2v) is 5.32. The minimum atomic E-state index is -0.699. The van der Waals surface area contributed by atoms with Crippen LogP contribution >= 0.6 is 0 Å². The number of rotatable bonds is 5. The fraction of sp³-hybridized carbons (Fsp3) is 0.833. The van der Waals surface area contributed by atoms with Gasteiger partial charge in [-0.25, -0.2) is 0 Å². The van der Waals surface area contributed by atoms with Gasteiger partial charge < -0.3 is 14.4 Å². The van der Waals surface area contributed by atoms with Crippen molar-refractivity contribution in [3.05, 3.63) is 11.7 Å². The van der Waals surface area contributed by atoms with Gasteiger partial charge in [0.25, 0.3) is 5.89 Å². The third-order valence-electron chi connectivity index (χ3n) is 3.30. The molecule has 102 valence electrons. The molecule has 0 spiro atoms. The fourth-order valence-electron chi connectivity index (χ4n) is 2.53. The van der Waals surface area contributed by atoms with E-state index >= 15 is 0 Å². The molecular weight excluding hydrogens is 234 g/mol. The number of hydrogen-bond acceptors (Lipinski definition) is 6. The van der Waals surface area contributed by atoms with Crippen molar-refractivity contribution in [1.29, 1.82) is 0 Å². The number of nitrogens with zero attached hydrogens (tertiary/aromatic N) is 3. The lowest BCUT2D eigenvalue weighted by atomic mass is 9.97. The highest BCUT2D eigenvalue weighted by Gasteiger charge is 2.36. The van der Waals surface area contributed by atoms with E-state index in [1.807, 2.05) is 13.8 Å². The van der Waals surface area contributed by atoms with Gasteiger partial charge in [0.1, 0.15) is 6.61 Å². The van der Waals surface area contributed by atoms with Crippen molar-refractivity contribution in [3.8, 4) is 0 Å². The van der Waals surface area contributed by atoms with Gasteiger partial charge in [0.05, 0.1) is 12.1 Å². The van der Waals surface area contributed by atoms with Crippen LogP contribution in [0, 0.1) is 0 Å². The summed E-state index contributed by atoms with van der Waals surface area (Å²) in [6.45, 7) is 5.61. The predicted octanol–water partition coefficient (Wildman–Crippen LogP) is 0.951. The molecule has 1 saturated heterocycles. The lowest BCUT2D eigenvalue weighted by Gasteiger charge is -2.33. The molecule has 2 heterocycles. The molecule has 1 aromatic rings. The van der Waals surface area contributed by atoms with Gasteiger partial charge in [-0.2, -0.15) is 4.98 Å². The van der Waals surface area contributed by atoms with Crippen molar-refractivity contribution in [1.82, 2.24) is 15.0 Å². The van der Waals surface area contributed by atoms with E-state index in [-0.39, 0.29) is 6.04 Å². The third kappa shape index (κ3) is 3.07. The molecule has 1 aromatic heterocycles. The molecule has 2 rings (SSSR count). The van der Waals surface area contributed by atoms with Crippen LogP contribution in [0.15, 0.2) is 4.52 Å². The Morgan fingerprint density at radius 1 is 1.56 bits per heavy atom. The summed E-state index contributed by atoms with van der Waals surface area (Å²) in [5, 5.41) is 14.1. The van der Waals surface area contributed by atoms with E-state index in [9.17, 15) is 5.11 Å². The third-order valence-corrected chi connectivity index (χ3v) is 3.30. The van der Waals surface area contributed by atoms with Crippen LogP contribution in [0.4, 0.5) is 0 Å². The Labute approximate surface area is 107 Å². The smallest absolute Gasteiger partial charge is 0.252 e. The largest absolute Gasteiger partial charge is 0.389 e. The minimum Gasteiger partial charge on any atom is -0.389 e. The monoisotopic (exact) mass is 255 g/mol. The van der Waals surface area contributed by atoms with Crippen LogP contribution in [0.3, 0.4) is 0 Å². The second-order valence-electron chi connectivity index (χ2n) is 5.32. The molecule has 1 atom stereocenters. The first-order chi connectivity index (χ1) is 8.50. The zero-order valence-corrected chi connectivity index (χ0v) is 11.2. The molecule has 0 radical (unpaired) electrons. The summed E-state index contributed by atoms with van der Waals surface area (Å²) in [5.74, 6) is 1.14. The zero-order chi connectivity index (χ0) is 13.2. The maximum Gasteiger partial charge on any atom is 0.252 e. The Balaban J connectivity index is 1.99. The Morgan fingerprint density at radius 3 is 3.00 bits per heavy atom. The average Bonchev–Trinajstić information content (AvgIpc) is 2.88. The van der Waals surface area contributed by atoms with E-state index in [0.717, 1.165) is 19.4 Å². The van der Waals surface area contributed by atoms with Gasteiger partial charge in [0.15, 0.2) is 5.82 Å². The molecular formula is C12H21N3O3. The Bertz CT molecular complexity index is 386. The first kappa shape index (κ1) is 13.5. The number of methoxy groups -OCH3 is 1.